The number of azide groups is 1. The van der Waals surface area contributed by atoms with Gasteiger partial charge in [-0.2, -0.15) is 0 Å². The number of ketones is 1. The van der Waals surface area contributed by atoms with Crippen LogP contribution in [0.25, 0.3) is 10.4 Å². The lowest BCUT2D eigenvalue weighted by Gasteiger charge is -2.47. The fraction of sp³-hybridized carbons (Fsp3) is 0.833. The average molecular weight is 419 g/mol. The minimum atomic E-state index is -2.71. The summed E-state index contributed by atoms with van der Waals surface area (Å²) in [5, 5.41) is 3.19. The van der Waals surface area contributed by atoms with Gasteiger partial charge in [0.2, 0.25) is 5.85 Å². The molecule has 1 aliphatic heterocycles. The van der Waals surface area contributed by atoms with Crippen LogP contribution in [0.3, 0.4) is 0 Å². The molecule has 0 aromatic rings. The fourth-order valence-corrected chi connectivity index (χ4v) is 3.60. The van der Waals surface area contributed by atoms with E-state index in [0.29, 0.717) is 0 Å². The number of hydrogen-bond acceptors (Lipinski definition) is 7. The molecule has 1 rings (SSSR count). The van der Waals surface area contributed by atoms with Gasteiger partial charge in [0, 0.05) is 31.1 Å². The molecule has 0 aliphatic carbocycles. The summed E-state index contributed by atoms with van der Waals surface area (Å²) in [7, 11) is 0. The minimum absolute atomic E-state index is 0.202. The standard InChI is InChI=1S/C18H27F2N3O6/c1-6-14(27-10(3)24)16(28-11(4)25)15-13(7-12(26)8-22-23-21)9(2)17(19)18(5,20)29-15/h9,13-17H,6-8H2,1-5H3/t9?,13?,14-,15?,16-,17?,18?/m1/s1. The molecule has 7 atom stereocenters. The first-order valence-electron chi connectivity index (χ1n) is 9.32. The fourth-order valence-electron chi connectivity index (χ4n) is 3.60. The molecule has 0 spiro atoms. The quantitative estimate of drug-likeness (QED) is 0.244. The van der Waals surface area contributed by atoms with Crippen LogP contribution in [0, 0.1) is 11.8 Å². The molecule has 11 heteroatoms. The molecule has 1 aliphatic rings. The number of carbonyl (C=O) groups excluding carboxylic acids is 3. The lowest BCUT2D eigenvalue weighted by molar-refractivity contribution is -0.292. The van der Waals surface area contributed by atoms with Crippen molar-refractivity contribution in [2.75, 3.05) is 6.54 Å². The van der Waals surface area contributed by atoms with Crippen molar-refractivity contribution < 1.29 is 37.4 Å². The summed E-state index contributed by atoms with van der Waals surface area (Å²) in [5.41, 5.74) is 8.38. The Morgan fingerprint density at radius 1 is 1.28 bits per heavy atom. The second kappa shape index (κ2) is 10.5. The molecular weight excluding hydrogens is 392 g/mol. The number of nitrogens with zero attached hydrogens (tertiary/aromatic N) is 3. The first-order chi connectivity index (χ1) is 13.4. The monoisotopic (exact) mass is 419 g/mol. The molecule has 29 heavy (non-hydrogen) atoms. The number of carbonyl (C=O) groups is 3. The van der Waals surface area contributed by atoms with Gasteiger partial charge in [-0.05, 0) is 24.8 Å². The SMILES string of the molecule is CC[C@@H](OC(C)=O)[C@@H](OC(C)=O)C1OC(C)(F)C(F)C(C)C1CC(=O)CN=[N+]=[N-]. The van der Waals surface area contributed by atoms with Gasteiger partial charge in [0.25, 0.3) is 0 Å². The van der Waals surface area contributed by atoms with Gasteiger partial charge in [-0.25, -0.2) is 8.78 Å². The van der Waals surface area contributed by atoms with Gasteiger partial charge in [0.05, 0.1) is 6.54 Å². The van der Waals surface area contributed by atoms with Gasteiger partial charge in [-0.15, -0.1) is 0 Å². The van der Waals surface area contributed by atoms with Crippen LogP contribution in [0.15, 0.2) is 5.11 Å². The van der Waals surface area contributed by atoms with Gasteiger partial charge in [0.1, 0.15) is 18.0 Å². The van der Waals surface area contributed by atoms with E-state index >= 15 is 0 Å². The Labute approximate surface area is 167 Å². The predicted octanol–water partition coefficient (Wildman–Crippen LogP) is 3.20. The summed E-state index contributed by atoms with van der Waals surface area (Å²) in [6.07, 6.45) is -5.67. The van der Waals surface area contributed by atoms with E-state index in [-0.39, 0.29) is 12.8 Å². The Hall–Kier alpha value is -2.26. The third-order valence-electron chi connectivity index (χ3n) is 4.90. The van der Waals surface area contributed by atoms with E-state index in [1.165, 1.54) is 6.92 Å². The molecule has 1 fully saturated rings. The third-order valence-corrected chi connectivity index (χ3v) is 4.90. The molecule has 0 aromatic carbocycles. The predicted molar refractivity (Wildman–Crippen MR) is 97.0 cm³/mol. The first kappa shape index (κ1) is 24.8. The van der Waals surface area contributed by atoms with E-state index in [4.69, 9.17) is 19.7 Å². The maximum atomic E-state index is 14.8. The molecule has 0 N–H and O–H groups in total. The Balaban J connectivity index is 3.34. The zero-order valence-electron chi connectivity index (χ0n) is 17.1. The van der Waals surface area contributed by atoms with Crippen molar-refractivity contribution in [1.82, 2.24) is 0 Å². The Morgan fingerprint density at radius 2 is 1.86 bits per heavy atom. The van der Waals surface area contributed by atoms with Gasteiger partial charge in [-0.3, -0.25) is 14.4 Å². The topological polar surface area (TPSA) is 128 Å². The van der Waals surface area contributed by atoms with Crippen molar-refractivity contribution in [2.45, 2.75) is 77.8 Å². The molecule has 0 saturated carbocycles. The molecule has 164 valence electrons. The van der Waals surface area contributed by atoms with Crippen molar-refractivity contribution in [1.29, 1.82) is 0 Å². The van der Waals surface area contributed by atoms with Crippen molar-refractivity contribution in [3.8, 4) is 0 Å². The second-order valence-electron chi connectivity index (χ2n) is 7.26. The highest BCUT2D eigenvalue weighted by Crippen LogP contribution is 2.44. The first-order valence-corrected chi connectivity index (χ1v) is 9.32. The van der Waals surface area contributed by atoms with E-state index in [9.17, 15) is 23.2 Å². The maximum absolute atomic E-state index is 14.8. The second-order valence-corrected chi connectivity index (χ2v) is 7.26. The summed E-state index contributed by atoms with van der Waals surface area (Å²) in [4.78, 5) is 37.8. The minimum Gasteiger partial charge on any atom is -0.459 e. The molecule has 5 unspecified atom stereocenters. The van der Waals surface area contributed by atoms with Crippen molar-refractivity contribution in [3.63, 3.8) is 0 Å². The number of halogens is 2. The van der Waals surface area contributed by atoms with E-state index < -0.39 is 66.4 Å². The number of alkyl halides is 2. The zero-order chi connectivity index (χ0) is 22.4. The Kier molecular flexibility index (Phi) is 8.97. The van der Waals surface area contributed by atoms with Gasteiger partial charge in [-0.1, -0.05) is 19.0 Å². The number of esters is 2. The summed E-state index contributed by atoms with van der Waals surface area (Å²) in [5.74, 6) is -6.51. The highest BCUT2D eigenvalue weighted by atomic mass is 19.2. The van der Waals surface area contributed by atoms with Crippen LogP contribution >= 0.6 is 0 Å². The van der Waals surface area contributed by atoms with Gasteiger partial charge < -0.3 is 14.2 Å². The Bertz CT molecular complexity index is 668. The van der Waals surface area contributed by atoms with Crippen LogP contribution in [0.2, 0.25) is 0 Å². The maximum Gasteiger partial charge on any atom is 0.303 e. The smallest absolute Gasteiger partial charge is 0.303 e. The van der Waals surface area contributed by atoms with Crippen LogP contribution in [0.5, 0.6) is 0 Å². The van der Waals surface area contributed by atoms with Crippen molar-refractivity contribution in [3.05, 3.63) is 10.4 Å². The van der Waals surface area contributed by atoms with E-state index in [2.05, 4.69) is 10.0 Å². The average Bonchev–Trinajstić information content (AvgIpc) is 2.62. The molecule has 9 nitrogen and oxygen atoms in total. The summed E-state index contributed by atoms with van der Waals surface area (Å²) in [6, 6.07) is 0. The summed E-state index contributed by atoms with van der Waals surface area (Å²) >= 11 is 0. The van der Waals surface area contributed by atoms with Crippen LogP contribution in [-0.2, 0) is 28.6 Å². The number of hydrogen-bond donors (Lipinski definition) is 0. The molecule has 1 saturated heterocycles. The number of Topliss-reactive ketones (excluding diaryl/α,β-unsaturated/α-hetero) is 1. The highest BCUT2D eigenvalue weighted by Gasteiger charge is 2.55. The summed E-state index contributed by atoms with van der Waals surface area (Å²) < 4.78 is 45.2. The highest BCUT2D eigenvalue weighted by molar-refractivity contribution is 5.81. The molecule has 0 bridgehead atoms. The largest absolute Gasteiger partial charge is 0.459 e. The molecule has 0 amide bonds. The van der Waals surface area contributed by atoms with Crippen LogP contribution in [0.1, 0.15) is 47.5 Å². The lowest BCUT2D eigenvalue weighted by Crippen LogP contribution is -2.60. The van der Waals surface area contributed by atoms with E-state index in [0.717, 1.165) is 20.8 Å². The molecule has 1 heterocycles. The summed E-state index contributed by atoms with van der Waals surface area (Å²) in [6.45, 7) is 5.81. The molecular formula is C18H27F2N3O6. The van der Waals surface area contributed by atoms with E-state index in [1.807, 2.05) is 0 Å². The van der Waals surface area contributed by atoms with E-state index in [1.54, 1.807) is 6.92 Å². The van der Waals surface area contributed by atoms with Crippen molar-refractivity contribution in [2.24, 2.45) is 17.0 Å². The van der Waals surface area contributed by atoms with Crippen LogP contribution in [-0.4, -0.2) is 54.6 Å². The Morgan fingerprint density at radius 3 is 2.34 bits per heavy atom. The number of rotatable bonds is 9. The van der Waals surface area contributed by atoms with Crippen LogP contribution in [0.4, 0.5) is 8.78 Å². The zero-order valence-corrected chi connectivity index (χ0v) is 17.1. The van der Waals surface area contributed by atoms with Gasteiger partial charge >= 0.3 is 11.9 Å². The van der Waals surface area contributed by atoms with Crippen LogP contribution < -0.4 is 0 Å². The molecule has 0 aromatic heterocycles. The van der Waals surface area contributed by atoms with Gasteiger partial charge in [0.15, 0.2) is 12.3 Å². The molecule has 0 radical (unpaired) electrons. The normalized spacial score (nSPS) is 31.1. The third kappa shape index (κ3) is 6.64. The lowest BCUT2D eigenvalue weighted by atomic mass is 9.75. The number of ether oxygens (including phenoxy) is 3. The van der Waals surface area contributed by atoms with Crippen molar-refractivity contribution >= 4 is 17.7 Å².